The van der Waals surface area contributed by atoms with Crippen molar-refractivity contribution in [3.05, 3.63) is 53.6 Å². The van der Waals surface area contributed by atoms with E-state index in [2.05, 4.69) is 32.0 Å². The lowest BCUT2D eigenvalue weighted by molar-refractivity contribution is 0.269. The molecule has 0 unspecified atom stereocenters. The first kappa shape index (κ1) is 16.2. The maximum Gasteiger partial charge on any atom is 0.124 e. The van der Waals surface area contributed by atoms with Gasteiger partial charge in [-0.05, 0) is 34.7 Å². The molecule has 0 aromatic heterocycles. The second-order valence-corrected chi connectivity index (χ2v) is 5.99. The molecule has 2 rings (SSSR count). The van der Waals surface area contributed by atoms with Gasteiger partial charge in [-0.2, -0.15) is 0 Å². The van der Waals surface area contributed by atoms with Crippen molar-refractivity contribution >= 4 is 23.2 Å². The van der Waals surface area contributed by atoms with Crippen molar-refractivity contribution in [2.75, 3.05) is 6.61 Å². The molecule has 2 aromatic rings. The maximum atomic E-state index is 6.18. The molecular weight excluding hydrogens is 303 g/mol. The fourth-order valence-electron chi connectivity index (χ4n) is 2.18. The van der Waals surface area contributed by atoms with Crippen LogP contribution in [-0.4, -0.2) is 6.61 Å². The molecule has 0 fully saturated rings. The van der Waals surface area contributed by atoms with E-state index in [0.717, 1.165) is 28.0 Å². The molecule has 2 aromatic carbocycles. The summed E-state index contributed by atoms with van der Waals surface area (Å²) in [5.41, 5.74) is 4.30. The van der Waals surface area contributed by atoms with Crippen LogP contribution in [0.4, 0.5) is 0 Å². The van der Waals surface area contributed by atoms with Gasteiger partial charge in [-0.3, -0.25) is 0 Å². The predicted molar refractivity (Wildman–Crippen MR) is 91.3 cm³/mol. The minimum absolute atomic E-state index is 0.417. The molecule has 0 bridgehead atoms. The molecule has 0 atom stereocenters. The molecular formula is C18H20Cl2O. The van der Waals surface area contributed by atoms with Crippen molar-refractivity contribution in [2.24, 2.45) is 5.92 Å². The van der Waals surface area contributed by atoms with Crippen molar-refractivity contribution in [1.82, 2.24) is 0 Å². The van der Waals surface area contributed by atoms with Crippen molar-refractivity contribution in [2.45, 2.75) is 25.6 Å². The van der Waals surface area contributed by atoms with Crippen molar-refractivity contribution < 1.29 is 4.74 Å². The third-order valence-electron chi connectivity index (χ3n) is 3.21. The van der Waals surface area contributed by atoms with Crippen LogP contribution in [0.2, 0.25) is 0 Å². The minimum Gasteiger partial charge on any atom is -0.493 e. The summed E-state index contributed by atoms with van der Waals surface area (Å²) in [6.07, 6.45) is 0. The maximum absolute atomic E-state index is 6.18. The molecule has 0 aliphatic heterocycles. The lowest BCUT2D eigenvalue weighted by Gasteiger charge is -2.17. The first-order valence-electron chi connectivity index (χ1n) is 7.11. The molecule has 0 heterocycles. The zero-order valence-electron chi connectivity index (χ0n) is 12.4. The fourth-order valence-corrected chi connectivity index (χ4v) is 2.61. The molecule has 0 saturated carbocycles. The Labute approximate surface area is 136 Å². The smallest absolute Gasteiger partial charge is 0.124 e. The molecule has 1 nitrogen and oxygen atoms in total. The number of hydrogen-bond acceptors (Lipinski definition) is 1. The molecule has 3 heteroatoms. The highest BCUT2D eigenvalue weighted by Crippen LogP contribution is 2.34. The summed E-state index contributed by atoms with van der Waals surface area (Å²) in [5, 5.41) is 0. The van der Waals surface area contributed by atoms with E-state index in [9.17, 15) is 0 Å². The summed E-state index contributed by atoms with van der Waals surface area (Å²) in [6, 6.07) is 14.3. The van der Waals surface area contributed by atoms with E-state index in [1.807, 2.05) is 24.3 Å². The summed E-state index contributed by atoms with van der Waals surface area (Å²) in [4.78, 5) is 0. The fraction of sp³-hybridized carbons (Fsp3) is 0.333. The number of alkyl halides is 2. The van der Waals surface area contributed by atoms with Crippen LogP contribution >= 0.6 is 23.2 Å². The molecule has 0 radical (unpaired) electrons. The average Bonchev–Trinajstić information content (AvgIpc) is 2.52. The van der Waals surface area contributed by atoms with Gasteiger partial charge in [0.05, 0.1) is 12.5 Å². The number of halogens is 2. The number of ether oxygens (including phenoxy) is 1. The van der Waals surface area contributed by atoms with E-state index in [4.69, 9.17) is 27.9 Å². The van der Waals surface area contributed by atoms with E-state index in [1.54, 1.807) is 0 Å². The van der Waals surface area contributed by atoms with Crippen LogP contribution in [0.25, 0.3) is 11.1 Å². The van der Waals surface area contributed by atoms with Crippen molar-refractivity contribution in [3.63, 3.8) is 0 Å². The molecule has 0 amide bonds. The SMILES string of the molecule is CC(C)COc1cc(CCl)cc(-c2ccccc2)c1CCl. The zero-order chi connectivity index (χ0) is 15.2. The van der Waals surface area contributed by atoms with Gasteiger partial charge in [0.1, 0.15) is 5.75 Å². The predicted octanol–water partition coefficient (Wildman–Crippen LogP) is 5.87. The summed E-state index contributed by atoms with van der Waals surface area (Å²) in [5.74, 6) is 2.18. The third-order valence-corrected chi connectivity index (χ3v) is 3.79. The van der Waals surface area contributed by atoms with Crippen LogP contribution in [0.5, 0.6) is 5.75 Å². The van der Waals surface area contributed by atoms with E-state index in [-0.39, 0.29) is 0 Å². The van der Waals surface area contributed by atoms with E-state index >= 15 is 0 Å². The Kier molecular flexibility index (Phi) is 5.96. The second-order valence-electron chi connectivity index (χ2n) is 5.46. The van der Waals surface area contributed by atoms with Gasteiger partial charge in [0, 0.05) is 11.4 Å². The average molecular weight is 323 g/mol. The summed E-state index contributed by atoms with van der Waals surface area (Å²) >= 11 is 12.2. The molecule has 0 spiro atoms. The molecule has 0 saturated heterocycles. The first-order valence-corrected chi connectivity index (χ1v) is 8.18. The number of benzene rings is 2. The normalized spacial score (nSPS) is 10.9. The van der Waals surface area contributed by atoms with Crippen LogP contribution in [0, 0.1) is 5.92 Å². The van der Waals surface area contributed by atoms with Crippen LogP contribution in [0.15, 0.2) is 42.5 Å². The molecule has 0 N–H and O–H groups in total. The highest BCUT2D eigenvalue weighted by atomic mass is 35.5. The summed E-state index contributed by atoms with van der Waals surface area (Å²) in [7, 11) is 0. The summed E-state index contributed by atoms with van der Waals surface area (Å²) < 4.78 is 5.95. The summed E-state index contributed by atoms with van der Waals surface area (Å²) in [6.45, 7) is 4.93. The second kappa shape index (κ2) is 7.72. The first-order chi connectivity index (χ1) is 10.2. The van der Waals surface area contributed by atoms with Gasteiger partial charge < -0.3 is 4.74 Å². The number of rotatable bonds is 6. The Hall–Kier alpha value is -1.18. The quantitative estimate of drug-likeness (QED) is 0.604. The Balaban J connectivity index is 2.50. The molecule has 0 aliphatic rings. The van der Waals surface area contributed by atoms with Gasteiger partial charge in [0.2, 0.25) is 0 Å². The Bertz CT molecular complexity index is 579. The topological polar surface area (TPSA) is 9.23 Å². The van der Waals surface area contributed by atoms with Crippen LogP contribution in [0.3, 0.4) is 0 Å². The van der Waals surface area contributed by atoms with E-state index in [0.29, 0.717) is 24.3 Å². The van der Waals surface area contributed by atoms with Gasteiger partial charge in [0.15, 0.2) is 0 Å². The van der Waals surface area contributed by atoms with Crippen molar-refractivity contribution in [1.29, 1.82) is 0 Å². The third kappa shape index (κ3) is 4.15. The van der Waals surface area contributed by atoms with Crippen LogP contribution in [-0.2, 0) is 11.8 Å². The highest BCUT2D eigenvalue weighted by molar-refractivity contribution is 6.18. The lowest BCUT2D eigenvalue weighted by atomic mass is 9.97. The molecule has 112 valence electrons. The number of hydrogen-bond donors (Lipinski definition) is 0. The van der Waals surface area contributed by atoms with Gasteiger partial charge >= 0.3 is 0 Å². The van der Waals surface area contributed by atoms with Gasteiger partial charge in [0.25, 0.3) is 0 Å². The van der Waals surface area contributed by atoms with Gasteiger partial charge in [-0.25, -0.2) is 0 Å². The Morgan fingerprint density at radius 1 is 1.00 bits per heavy atom. The van der Waals surface area contributed by atoms with E-state index in [1.165, 1.54) is 0 Å². The largest absolute Gasteiger partial charge is 0.493 e. The molecule has 21 heavy (non-hydrogen) atoms. The zero-order valence-corrected chi connectivity index (χ0v) is 13.9. The highest BCUT2D eigenvalue weighted by Gasteiger charge is 2.13. The van der Waals surface area contributed by atoms with Gasteiger partial charge in [-0.15, -0.1) is 23.2 Å². The molecule has 0 aliphatic carbocycles. The van der Waals surface area contributed by atoms with Crippen LogP contribution in [0.1, 0.15) is 25.0 Å². The minimum atomic E-state index is 0.417. The van der Waals surface area contributed by atoms with Crippen molar-refractivity contribution in [3.8, 4) is 16.9 Å². The van der Waals surface area contributed by atoms with Crippen LogP contribution < -0.4 is 4.74 Å². The Morgan fingerprint density at radius 3 is 2.29 bits per heavy atom. The lowest BCUT2D eigenvalue weighted by Crippen LogP contribution is -2.07. The Morgan fingerprint density at radius 2 is 1.71 bits per heavy atom. The standard InChI is InChI=1S/C18H20Cl2O/c1-13(2)12-21-18-9-14(10-19)8-16(17(18)11-20)15-6-4-3-5-7-15/h3-9,13H,10-12H2,1-2H3. The van der Waals surface area contributed by atoms with E-state index < -0.39 is 0 Å². The monoisotopic (exact) mass is 322 g/mol. The van der Waals surface area contributed by atoms with Gasteiger partial charge in [-0.1, -0.05) is 44.2 Å².